The molecule has 3 aromatic rings. The Labute approximate surface area is 255 Å². The maximum Gasteiger partial charge on any atom is 0.269 e. The fraction of sp³-hybridized carbons (Fsp3) is 0.500. The van der Waals surface area contributed by atoms with Crippen molar-refractivity contribution in [3.8, 4) is 11.5 Å². The van der Waals surface area contributed by atoms with E-state index in [4.69, 9.17) is 9.47 Å². The first-order valence-electron chi connectivity index (χ1n) is 15.0. The average molecular weight is 610 g/mol. The van der Waals surface area contributed by atoms with Crippen molar-refractivity contribution in [2.45, 2.75) is 52.3 Å². The number of piperazine rings is 1. The van der Waals surface area contributed by atoms with E-state index in [0.29, 0.717) is 49.4 Å². The predicted octanol–water partition coefficient (Wildman–Crippen LogP) is 3.92. The van der Waals surface area contributed by atoms with Crippen LogP contribution in [0.15, 0.2) is 48.5 Å². The van der Waals surface area contributed by atoms with E-state index in [2.05, 4.69) is 39.6 Å². The molecule has 43 heavy (non-hydrogen) atoms. The minimum Gasteiger partial charge on any atom is -0.493 e. The molecule has 10 nitrogen and oxygen atoms in total. The van der Waals surface area contributed by atoms with Gasteiger partial charge in [0.2, 0.25) is 10.0 Å². The van der Waals surface area contributed by atoms with Gasteiger partial charge in [0.1, 0.15) is 12.3 Å². The Morgan fingerprint density at radius 1 is 1.05 bits per heavy atom. The molecular formula is C32H43N5O5S. The second-order valence-corrected chi connectivity index (χ2v) is 13.9. The highest BCUT2D eigenvalue weighted by Crippen LogP contribution is 2.39. The minimum absolute atomic E-state index is 0.126. The van der Waals surface area contributed by atoms with Gasteiger partial charge in [0.25, 0.3) is 5.91 Å². The van der Waals surface area contributed by atoms with Gasteiger partial charge in [-0.1, -0.05) is 50.2 Å². The van der Waals surface area contributed by atoms with Crippen molar-refractivity contribution < 1.29 is 22.7 Å². The summed E-state index contributed by atoms with van der Waals surface area (Å²) in [5, 5.41) is 7.48. The lowest BCUT2D eigenvalue weighted by molar-refractivity contribution is 0.0941. The van der Waals surface area contributed by atoms with Crippen LogP contribution in [-0.4, -0.2) is 72.4 Å². The van der Waals surface area contributed by atoms with Crippen molar-refractivity contribution in [3.05, 3.63) is 76.6 Å². The third kappa shape index (κ3) is 7.95. The third-order valence-electron chi connectivity index (χ3n) is 7.92. The Balaban J connectivity index is 1.12. The van der Waals surface area contributed by atoms with Gasteiger partial charge < -0.3 is 14.8 Å². The standard InChI is InChI=1S/C32H43N5O5S/c1-23(2)22-43(39,40)37-16-14-36(15-17-37)20-24-8-10-25(11-9-24)21-42-30-7-5-6-27(31(30)41-4)19-33-32(38)29-18-28(26-12-13-26)34-35(29)3/h5-11,18,23,26H,12-17,19-22H2,1-4H3,(H,33,38). The number of amides is 1. The minimum atomic E-state index is -3.18. The number of aromatic nitrogens is 2. The topological polar surface area (TPSA) is 106 Å². The molecule has 1 amide bonds. The fourth-order valence-corrected chi connectivity index (χ4v) is 7.22. The lowest BCUT2D eigenvalue weighted by Gasteiger charge is -2.34. The number of ether oxygens (including phenoxy) is 2. The highest BCUT2D eigenvalue weighted by molar-refractivity contribution is 7.89. The highest BCUT2D eigenvalue weighted by Gasteiger charge is 2.29. The zero-order valence-corrected chi connectivity index (χ0v) is 26.4. The number of benzene rings is 2. The molecule has 2 aromatic carbocycles. The van der Waals surface area contributed by atoms with E-state index in [1.807, 2.05) is 38.1 Å². The number of carbonyl (C=O) groups is 1. The van der Waals surface area contributed by atoms with Gasteiger partial charge in [-0.2, -0.15) is 9.40 Å². The number of nitrogens with zero attached hydrogens (tertiary/aromatic N) is 4. The van der Waals surface area contributed by atoms with Crippen LogP contribution < -0.4 is 14.8 Å². The molecule has 2 heterocycles. The van der Waals surface area contributed by atoms with Gasteiger partial charge in [0.15, 0.2) is 11.5 Å². The SMILES string of the molecule is COc1c(CNC(=O)c2cc(C3CC3)nn2C)cccc1OCc1ccc(CN2CCN(S(=O)(=O)CC(C)C)CC2)cc1. The molecule has 1 saturated heterocycles. The number of aryl methyl sites for hydroxylation is 1. The number of para-hydroxylation sites is 1. The molecule has 0 radical (unpaired) electrons. The summed E-state index contributed by atoms with van der Waals surface area (Å²) in [4.78, 5) is 15.2. The van der Waals surface area contributed by atoms with Crippen LogP contribution in [0.25, 0.3) is 0 Å². The lowest BCUT2D eigenvalue weighted by Crippen LogP contribution is -2.49. The monoisotopic (exact) mass is 609 g/mol. The first-order chi connectivity index (χ1) is 20.6. The number of methoxy groups -OCH3 is 1. The van der Waals surface area contributed by atoms with Crippen molar-refractivity contribution in [2.24, 2.45) is 13.0 Å². The number of nitrogens with one attached hydrogen (secondary N) is 1. The van der Waals surface area contributed by atoms with E-state index in [9.17, 15) is 13.2 Å². The summed E-state index contributed by atoms with van der Waals surface area (Å²) < 4.78 is 40.2. The van der Waals surface area contributed by atoms with E-state index < -0.39 is 10.0 Å². The molecule has 2 fully saturated rings. The molecule has 1 aliphatic carbocycles. The maximum atomic E-state index is 12.9. The molecule has 0 atom stereocenters. The van der Waals surface area contributed by atoms with Crippen molar-refractivity contribution in [2.75, 3.05) is 39.0 Å². The van der Waals surface area contributed by atoms with Gasteiger partial charge in [0.05, 0.1) is 18.6 Å². The third-order valence-corrected chi connectivity index (χ3v) is 10.2. The van der Waals surface area contributed by atoms with Crippen molar-refractivity contribution in [1.82, 2.24) is 24.3 Å². The second-order valence-electron chi connectivity index (χ2n) is 11.9. The Morgan fingerprint density at radius 3 is 2.40 bits per heavy atom. The molecule has 0 unspecified atom stereocenters. The van der Waals surface area contributed by atoms with Crippen LogP contribution in [-0.2, 0) is 36.8 Å². The zero-order chi connectivity index (χ0) is 30.6. The Kier molecular flexibility index (Phi) is 9.73. The molecular weight excluding hydrogens is 566 g/mol. The van der Waals surface area contributed by atoms with Crippen LogP contribution in [0.5, 0.6) is 11.5 Å². The number of carbonyl (C=O) groups excluding carboxylic acids is 1. The summed E-state index contributed by atoms with van der Waals surface area (Å²) in [6.45, 7) is 7.85. The zero-order valence-electron chi connectivity index (χ0n) is 25.6. The highest BCUT2D eigenvalue weighted by atomic mass is 32.2. The molecule has 1 aliphatic heterocycles. The number of hydrogen-bond acceptors (Lipinski definition) is 7. The van der Waals surface area contributed by atoms with Gasteiger partial charge in [-0.25, -0.2) is 8.42 Å². The van der Waals surface area contributed by atoms with Crippen molar-refractivity contribution in [3.63, 3.8) is 0 Å². The summed E-state index contributed by atoms with van der Waals surface area (Å²) in [5.74, 6) is 1.85. The summed E-state index contributed by atoms with van der Waals surface area (Å²) in [6, 6.07) is 15.9. The van der Waals surface area contributed by atoms with Crippen LogP contribution in [0.3, 0.4) is 0 Å². The number of rotatable bonds is 13. The van der Waals surface area contributed by atoms with Crippen LogP contribution in [0.4, 0.5) is 0 Å². The molecule has 1 N–H and O–H groups in total. The summed E-state index contributed by atoms with van der Waals surface area (Å²) >= 11 is 0. The predicted molar refractivity (Wildman–Crippen MR) is 166 cm³/mol. The molecule has 232 valence electrons. The van der Waals surface area contributed by atoms with E-state index in [-0.39, 0.29) is 17.6 Å². The molecule has 0 spiro atoms. The number of sulfonamides is 1. The quantitative estimate of drug-likeness (QED) is 0.313. The molecule has 1 aromatic heterocycles. The van der Waals surface area contributed by atoms with Crippen LogP contribution >= 0.6 is 0 Å². The van der Waals surface area contributed by atoms with Gasteiger partial charge in [0, 0.05) is 57.8 Å². The summed E-state index contributed by atoms with van der Waals surface area (Å²) in [7, 11) is 0.221. The second kappa shape index (κ2) is 13.5. The van der Waals surface area contributed by atoms with E-state index in [1.54, 1.807) is 23.1 Å². The number of hydrogen-bond donors (Lipinski definition) is 1. The largest absolute Gasteiger partial charge is 0.493 e. The van der Waals surface area contributed by atoms with Crippen LogP contribution in [0.2, 0.25) is 0 Å². The molecule has 11 heteroatoms. The van der Waals surface area contributed by atoms with Crippen LogP contribution in [0, 0.1) is 5.92 Å². The van der Waals surface area contributed by atoms with E-state index in [1.165, 1.54) is 5.56 Å². The maximum absolute atomic E-state index is 12.9. The van der Waals surface area contributed by atoms with Crippen LogP contribution in [0.1, 0.15) is 65.5 Å². The van der Waals surface area contributed by atoms with E-state index >= 15 is 0 Å². The van der Waals surface area contributed by atoms with E-state index in [0.717, 1.165) is 49.3 Å². The van der Waals surface area contributed by atoms with Gasteiger partial charge in [-0.05, 0) is 42.0 Å². The Bertz CT molecular complexity index is 1510. The molecule has 1 saturated carbocycles. The summed E-state index contributed by atoms with van der Waals surface area (Å²) in [6.07, 6.45) is 2.27. The van der Waals surface area contributed by atoms with Gasteiger partial charge in [-0.3, -0.25) is 14.4 Å². The molecule has 0 bridgehead atoms. The van der Waals surface area contributed by atoms with Crippen molar-refractivity contribution >= 4 is 15.9 Å². The Hall–Kier alpha value is -3.41. The van der Waals surface area contributed by atoms with Gasteiger partial charge >= 0.3 is 0 Å². The lowest BCUT2D eigenvalue weighted by atomic mass is 10.1. The van der Waals surface area contributed by atoms with Crippen molar-refractivity contribution in [1.29, 1.82) is 0 Å². The first kappa shape index (κ1) is 31.0. The average Bonchev–Trinajstić information content (AvgIpc) is 3.76. The normalized spacial score (nSPS) is 16.4. The fourth-order valence-electron chi connectivity index (χ4n) is 5.45. The van der Waals surface area contributed by atoms with Gasteiger partial charge in [-0.15, -0.1) is 0 Å². The summed E-state index contributed by atoms with van der Waals surface area (Å²) in [5.41, 5.74) is 4.56. The first-order valence-corrected chi connectivity index (χ1v) is 16.6. The molecule has 5 rings (SSSR count). The Morgan fingerprint density at radius 2 is 1.74 bits per heavy atom. The molecule has 2 aliphatic rings. The smallest absolute Gasteiger partial charge is 0.269 e.